The number of imidazole rings is 2. The van der Waals surface area contributed by atoms with E-state index in [4.69, 9.17) is 29.9 Å². The van der Waals surface area contributed by atoms with E-state index in [1.807, 2.05) is 96.4 Å². The van der Waals surface area contributed by atoms with Crippen molar-refractivity contribution in [3.05, 3.63) is 84.2 Å². The maximum Gasteiger partial charge on any atom is 0.407 e. The van der Waals surface area contributed by atoms with Crippen molar-refractivity contribution in [2.24, 2.45) is 30.7 Å². The third kappa shape index (κ3) is 9.81. The molecule has 8 heterocycles. The van der Waals surface area contributed by atoms with Crippen molar-refractivity contribution in [2.45, 2.75) is 104 Å². The molecule has 4 aliphatic rings. The molecule has 0 bridgehead atoms. The third-order valence-electron chi connectivity index (χ3n) is 16.4. The van der Waals surface area contributed by atoms with Crippen LogP contribution in [0.2, 0.25) is 0 Å². The summed E-state index contributed by atoms with van der Waals surface area (Å²) >= 11 is 0. The van der Waals surface area contributed by atoms with E-state index in [-0.39, 0.29) is 59.5 Å². The molecule has 18 nitrogen and oxygen atoms in total. The highest BCUT2D eigenvalue weighted by molar-refractivity contribution is 6.01. The predicted molar refractivity (Wildman–Crippen MR) is 303 cm³/mol. The molecule has 12 rings (SSSR count). The number of rotatable bonds is 9. The highest BCUT2D eigenvalue weighted by atomic mass is 35.5. The average molecular weight is 1090 g/mol. The molecule has 408 valence electrons. The number of fused-ring (bicyclic) bond motifs is 4. The van der Waals surface area contributed by atoms with Crippen molar-refractivity contribution < 1.29 is 28.6 Å². The van der Waals surface area contributed by atoms with Gasteiger partial charge < -0.3 is 53.3 Å². The molecule has 2 saturated carbocycles. The van der Waals surface area contributed by atoms with Gasteiger partial charge >= 0.3 is 6.09 Å². The van der Waals surface area contributed by atoms with Crippen molar-refractivity contribution in [3.63, 3.8) is 0 Å². The van der Waals surface area contributed by atoms with E-state index in [1.54, 1.807) is 26.5 Å². The molecular formula is C57H70Cl2N12O6. The zero-order valence-corrected chi connectivity index (χ0v) is 47.0. The van der Waals surface area contributed by atoms with Gasteiger partial charge in [-0.2, -0.15) is 0 Å². The van der Waals surface area contributed by atoms with Crippen LogP contribution in [0.5, 0.6) is 11.5 Å². The van der Waals surface area contributed by atoms with E-state index < -0.39 is 11.7 Å². The number of alkyl carbamates (subject to hydrolysis) is 1. The number of nitrogens with two attached hydrogens (primary N) is 1. The second-order valence-corrected chi connectivity index (χ2v) is 22.0. The Morgan fingerprint density at radius 3 is 1.55 bits per heavy atom. The van der Waals surface area contributed by atoms with Crippen LogP contribution in [0.25, 0.3) is 67.2 Å². The van der Waals surface area contributed by atoms with Gasteiger partial charge in [0.15, 0.2) is 11.6 Å². The van der Waals surface area contributed by atoms with Gasteiger partial charge in [-0.25, -0.2) is 24.7 Å². The van der Waals surface area contributed by atoms with Crippen LogP contribution in [0, 0.1) is 10.8 Å². The highest BCUT2D eigenvalue weighted by Crippen LogP contribution is 2.54. The number of halogens is 2. The Hall–Kier alpha value is -6.89. The molecule has 2 spiro atoms. The molecular weight excluding hydrogens is 1020 g/mol. The fraction of sp³-hybridized carbons (Fsp3) is 0.456. The number of hydrogen-bond acceptors (Lipinski definition) is 11. The van der Waals surface area contributed by atoms with E-state index in [2.05, 4.69) is 56.5 Å². The summed E-state index contributed by atoms with van der Waals surface area (Å²) in [7, 11) is 7.20. The van der Waals surface area contributed by atoms with E-state index in [0.29, 0.717) is 47.8 Å². The topological polar surface area (TPSA) is 195 Å². The van der Waals surface area contributed by atoms with Gasteiger partial charge in [-0.1, -0.05) is 0 Å². The van der Waals surface area contributed by atoms with E-state index >= 15 is 0 Å². The summed E-state index contributed by atoms with van der Waals surface area (Å²) in [5.41, 5.74) is 14.2. The lowest BCUT2D eigenvalue weighted by molar-refractivity contribution is 0.0380. The van der Waals surface area contributed by atoms with Gasteiger partial charge in [0.2, 0.25) is 0 Å². The summed E-state index contributed by atoms with van der Waals surface area (Å²) < 4.78 is 25.4. The normalized spacial score (nSPS) is 18.2. The molecule has 0 radical (unpaired) electrons. The Bertz CT molecular complexity index is 3570. The number of benzene rings is 2. The fourth-order valence-corrected chi connectivity index (χ4v) is 11.8. The molecule has 8 aromatic rings. The van der Waals surface area contributed by atoms with Crippen molar-refractivity contribution in [2.75, 3.05) is 40.4 Å². The number of methoxy groups -OCH3 is 2. The van der Waals surface area contributed by atoms with E-state index in [0.717, 1.165) is 107 Å². The summed E-state index contributed by atoms with van der Waals surface area (Å²) in [5.74, 6) is 2.70. The number of carbonyl (C=O) groups excluding carboxylic acids is 3. The van der Waals surface area contributed by atoms with Crippen molar-refractivity contribution in [1.29, 1.82) is 0 Å². The molecule has 4 fully saturated rings. The number of amides is 3. The molecule has 2 aliphatic carbocycles. The summed E-state index contributed by atoms with van der Waals surface area (Å²) in [6.07, 6.45) is 9.50. The number of nitrogens with one attached hydrogen (secondary N) is 1. The Labute approximate surface area is 460 Å². The first-order valence-electron chi connectivity index (χ1n) is 26.3. The SMILES string of the molecule is CCn1c(-c2nc3cc(C(=O)N4CCC5(CC5)C(N)C4)cc(OC)c3n2C)cc2cccnc21.CCn1c(-c2nc3cc(C(=O)N4CCC5(CC5)C(NC(=O)OC(C)(C)C)C4)cc(OC)c3n2C)cc2cccnc21.Cl.Cl. The van der Waals surface area contributed by atoms with Gasteiger partial charge in [0.1, 0.15) is 39.4 Å². The Kier molecular flexibility index (Phi) is 14.8. The minimum Gasteiger partial charge on any atom is -0.494 e. The minimum absolute atomic E-state index is 0. The van der Waals surface area contributed by atoms with Crippen LogP contribution < -0.4 is 20.5 Å². The Morgan fingerprint density at radius 1 is 0.675 bits per heavy atom. The first-order chi connectivity index (χ1) is 36.0. The summed E-state index contributed by atoms with van der Waals surface area (Å²) in [4.78, 5) is 62.7. The van der Waals surface area contributed by atoms with Gasteiger partial charge in [-0.15, -0.1) is 24.8 Å². The molecule has 77 heavy (non-hydrogen) atoms. The molecule has 2 atom stereocenters. The monoisotopic (exact) mass is 1090 g/mol. The number of aromatic nitrogens is 8. The average Bonchev–Trinajstić information content (AvgIpc) is 4.31. The van der Waals surface area contributed by atoms with Crippen LogP contribution in [0.15, 0.2) is 73.1 Å². The van der Waals surface area contributed by atoms with Gasteiger partial charge in [-0.3, -0.25) is 9.59 Å². The predicted octanol–water partition coefficient (Wildman–Crippen LogP) is 9.55. The lowest BCUT2D eigenvalue weighted by Gasteiger charge is -2.39. The summed E-state index contributed by atoms with van der Waals surface area (Å²) in [6.45, 7) is 13.7. The summed E-state index contributed by atoms with van der Waals surface area (Å²) in [6, 6.07) is 19.5. The molecule has 3 N–H and O–H groups in total. The number of pyridine rings is 2. The number of carbonyl (C=O) groups is 3. The largest absolute Gasteiger partial charge is 0.494 e. The van der Waals surface area contributed by atoms with Crippen LogP contribution in [0.1, 0.15) is 93.9 Å². The minimum atomic E-state index is -0.583. The molecule has 2 unspecified atom stereocenters. The molecule has 2 aromatic carbocycles. The highest BCUT2D eigenvalue weighted by Gasteiger charge is 2.54. The number of ether oxygens (including phenoxy) is 3. The second-order valence-electron chi connectivity index (χ2n) is 22.0. The lowest BCUT2D eigenvalue weighted by Crippen LogP contribution is -2.55. The number of aryl methyl sites for hydroxylation is 4. The Morgan fingerprint density at radius 2 is 1.13 bits per heavy atom. The number of hydrogen-bond donors (Lipinski definition) is 2. The third-order valence-corrected chi connectivity index (χ3v) is 16.4. The standard InChI is InChI=1S/C31H38N6O4.C26H30N6O2.2ClH/c1-7-37-22(16-19-9-8-13-32-26(19)37)27-33-21-15-20(17-23(40-6)25(21)35(27)5)28(38)36-14-12-31(10-11-31)24(18-36)34-29(39)41-30(2,3)4;1-4-32-19(13-16-6-5-10-28-23(16)32)24-29-18-12-17(14-20(34-3)22(18)30(24)2)25(33)31-11-9-26(7-8-26)21(27)15-31;;/h8-9,13,15-17,24H,7,10-12,14,18H2,1-6H3,(H,34,39);5-6,10,12-14,21H,4,7-9,11,15,27H2,1-3H3;2*1H. The molecule has 2 aliphatic heterocycles. The van der Waals surface area contributed by atoms with E-state index in [9.17, 15) is 14.4 Å². The molecule has 2 saturated heterocycles. The fourth-order valence-electron chi connectivity index (χ4n) is 11.8. The van der Waals surface area contributed by atoms with Gasteiger partial charge in [0, 0.05) is 93.7 Å². The van der Waals surface area contributed by atoms with Gasteiger partial charge in [0.05, 0.1) is 42.7 Å². The summed E-state index contributed by atoms with van der Waals surface area (Å²) in [5, 5.41) is 5.19. The maximum atomic E-state index is 13.9. The van der Waals surface area contributed by atoms with Crippen molar-refractivity contribution in [3.8, 4) is 34.5 Å². The van der Waals surface area contributed by atoms with Crippen LogP contribution in [-0.4, -0.2) is 124 Å². The van der Waals surface area contributed by atoms with Gasteiger partial charge in [0.25, 0.3) is 11.8 Å². The molecule has 20 heteroatoms. The second kappa shape index (κ2) is 20.8. The molecule has 6 aromatic heterocycles. The van der Waals surface area contributed by atoms with Crippen LogP contribution in [-0.2, 0) is 31.9 Å². The van der Waals surface area contributed by atoms with Crippen LogP contribution >= 0.6 is 24.8 Å². The maximum absolute atomic E-state index is 13.9. The van der Waals surface area contributed by atoms with Crippen molar-refractivity contribution >= 4 is 86.9 Å². The lowest BCUT2D eigenvalue weighted by atomic mass is 9.88. The number of nitrogens with zero attached hydrogens (tertiary/aromatic N) is 10. The zero-order chi connectivity index (χ0) is 52.7. The quantitative estimate of drug-likeness (QED) is 0.140. The Balaban J connectivity index is 0.000000186. The first kappa shape index (κ1) is 54.9. The van der Waals surface area contributed by atoms with Crippen LogP contribution in [0.3, 0.4) is 0 Å². The first-order valence-corrected chi connectivity index (χ1v) is 26.3. The molecule has 3 amide bonds. The smallest absolute Gasteiger partial charge is 0.407 e. The number of likely N-dealkylation sites (tertiary alicyclic amines) is 2. The van der Waals surface area contributed by atoms with Gasteiger partial charge in [-0.05, 0) is 145 Å². The van der Waals surface area contributed by atoms with E-state index in [1.165, 1.54) is 12.8 Å². The zero-order valence-electron chi connectivity index (χ0n) is 45.4. The number of piperidine rings is 2. The van der Waals surface area contributed by atoms with Crippen LogP contribution in [0.4, 0.5) is 4.79 Å². The van der Waals surface area contributed by atoms with Crippen molar-refractivity contribution in [1.82, 2.24) is 53.3 Å².